The second kappa shape index (κ2) is 2.83. The zero-order chi connectivity index (χ0) is 9.42. The summed E-state index contributed by atoms with van der Waals surface area (Å²) in [7, 11) is 0. The molecule has 2 atom stereocenters. The summed E-state index contributed by atoms with van der Waals surface area (Å²) in [4.78, 5) is 22.5. The molecule has 0 spiro atoms. The Hall–Kier alpha value is -1.38. The lowest BCUT2D eigenvalue weighted by Crippen LogP contribution is -2.22. The van der Waals surface area contributed by atoms with E-state index in [9.17, 15) is 9.59 Å². The van der Waals surface area contributed by atoms with Gasteiger partial charge in [-0.1, -0.05) is 24.3 Å². The van der Waals surface area contributed by atoms with Gasteiger partial charge in [-0.2, -0.15) is 0 Å². The first-order chi connectivity index (χ1) is 6.22. The fraction of sp³-hybridized carbons (Fsp3) is 0.400. The lowest BCUT2D eigenvalue weighted by atomic mass is 9.81. The van der Waals surface area contributed by atoms with Crippen molar-refractivity contribution in [2.45, 2.75) is 12.8 Å². The fourth-order valence-electron chi connectivity index (χ4n) is 1.96. The second-order valence-electron chi connectivity index (χ2n) is 3.49. The number of rotatable bonds is 1. The Labute approximate surface area is 76.5 Å². The third-order valence-corrected chi connectivity index (χ3v) is 2.76. The van der Waals surface area contributed by atoms with Crippen molar-refractivity contribution in [1.29, 1.82) is 0 Å². The molecule has 1 aliphatic heterocycles. The topological polar surface area (TPSA) is 46.2 Å². The van der Waals surface area contributed by atoms with Crippen LogP contribution in [0.15, 0.2) is 24.3 Å². The van der Waals surface area contributed by atoms with Crippen molar-refractivity contribution in [2.75, 3.05) is 0 Å². The molecule has 0 saturated carbocycles. The molecule has 1 saturated heterocycles. The highest BCUT2D eigenvalue weighted by Gasteiger charge is 2.42. The lowest BCUT2D eigenvalue weighted by molar-refractivity contribution is -0.126. The highest BCUT2D eigenvalue weighted by Crippen LogP contribution is 2.33. The zero-order valence-corrected chi connectivity index (χ0v) is 7.25. The molecule has 3 nitrogen and oxygen atoms in total. The van der Waals surface area contributed by atoms with E-state index in [0.29, 0.717) is 12.8 Å². The van der Waals surface area contributed by atoms with E-state index in [1.807, 2.05) is 6.08 Å². The number of hydrogen-bond donors (Lipinski definition) is 1. The molecule has 0 aromatic heterocycles. The first-order valence-corrected chi connectivity index (χ1v) is 4.38. The SMILES string of the molecule is C=CC1=CC[C@@H]2C(=O)NC(=O)[C@@H]2C1. The molecule has 0 aromatic carbocycles. The molecule has 13 heavy (non-hydrogen) atoms. The van der Waals surface area contributed by atoms with Gasteiger partial charge in [0.2, 0.25) is 11.8 Å². The van der Waals surface area contributed by atoms with Crippen LogP contribution in [0, 0.1) is 11.8 Å². The van der Waals surface area contributed by atoms with Crippen molar-refractivity contribution >= 4 is 11.8 Å². The van der Waals surface area contributed by atoms with Crippen LogP contribution in [0.1, 0.15) is 12.8 Å². The molecule has 3 heteroatoms. The number of fused-ring (bicyclic) bond motifs is 1. The lowest BCUT2D eigenvalue weighted by Gasteiger charge is -2.19. The molecule has 0 aromatic rings. The number of amides is 2. The summed E-state index contributed by atoms with van der Waals surface area (Å²) in [6.07, 6.45) is 5.08. The molecule has 2 aliphatic rings. The molecule has 1 fully saturated rings. The summed E-state index contributed by atoms with van der Waals surface area (Å²) in [5, 5.41) is 2.36. The van der Waals surface area contributed by atoms with Crippen LogP contribution in [-0.2, 0) is 9.59 Å². The number of carbonyl (C=O) groups is 2. The Balaban J connectivity index is 2.25. The minimum atomic E-state index is -0.148. The molecule has 0 radical (unpaired) electrons. The van der Waals surface area contributed by atoms with E-state index < -0.39 is 0 Å². The van der Waals surface area contributed by atoms with Gasteiger partial charge in [-0.05, 0) is 12.8 Å². The van der Waals surface area contributed by atoms with Crippen molar-refractivity contribution in [2.24, 2.45) is 11.8 Å². The van der Waals surface area contributed by atoms with E-state index in [4.69, 9.17) is 0 Å². The molecule has 2 amide bonds. The van der Waals surface area contributed by atoms with Crippen molar-refractivity contribution in [3.8, 4) is 0 Å². The van der Waals surface area contributed by atoms with Crippen LogP contribution in [0.2, 0.25) is 0 Å². The van der Waals surface area contributed by atoms with Crippen LogP contribution in [-0.4, -0.2) is 11.8 Å². The molecule has 0 bridgehead atoms. The number of hydrogen-bond acceptors (Lipinski definition) is 2. The first-order valence-electron chi connectivity index (χ1n) is 4.38. The first kappa shape index (κ1) is 8.23. The van der Waals surface area contributed by atoms with E-state index in [1.54, 1.807) is 6.08 Å². The second-order valence-corrected chi connectivity index (χ2v) is 3.49. The average Bonchev–Trinajstić information content (AvgIpc) is 2.42. The number of imide groups is 1. The van der Waals surface area contributed by atoms with Crippen LogP contribution in [0.4, 0.5) is 0 Å². The minimum Gasteiger partial charge on any atom is -0.296 e. The monoisotopic (exact) mass is 177 g/mol. The fourth-order valence-corrected chi connectivity index (χ4v) is 1.96. The van der Waals surface area contributed by atoms with E-state index in [0.717, 1.165) is 5.57 Å². The van der Waals surface area contributed by atoms with E-state index >= 15 is 0 Å². The van der Waals surface area contributed by atoms with Crippen LogP contribution in [0.25, 0.3) is 0 Å². The van der Waals surface area contributed by atoms with Gasteiger partial charge in [0.05, 0.1) is 11.8 Å². The van der Waals surface area contributed by atoms with E-state index in [-0.39, 0.29) is 23.7 Å². The highest BCUT2D eigenvalue weighted by atomic mass is 16.2. The summed E-state index contributed by atoms with van der Waals surface area (Å²) in [5.74, 6) is -0.515. The Morgan fingerprint density at radius 1 is 1.38 bits per heavy atom. The summed E-state index contributed by atoms with van der Waals surface area (Å²) in [5.41, 5.74) is 1.08. The van der Waals surface area contributed by atoms with Crippen molar-refractivity contribution in [3.05, 3.63) is 24.3 Å². The van der Waals surface area contributed by atoms with Crippen LogP contribution < -0.4 is 5.32 Å². The Kier molecular flexibility index (Phi) is 1.79. The zero-order valence-electron chi connectivity index (χ0n) is 7.25. The maximum absolute atomic E-state index is 11.3. The molecule has 1 heterocycles. The quantitative estimate of drug-likeness (QED) is 0.602. The van der Waals surface area contributed by atoms with E-state index in [1.165, 1.54) is 0 Å². The maximum Gasteiger partial charge on any atom is 0.230 e. The Morgan fingerprint density at radius 3 is 2.77 bits per heavy atom. The number of carbonyl (C=O) groups excluding carboxylic acids is 2. The molecular weight excluding hydrogens is 166 g/mol. The van der Waals surface area contributed by atoms with Crippen molar-refractivity contribution in [3.63, 3.8) is 0 Å². The van der Waals surface area contributed by atoms with Crippen LogP contribution in [0.3, 0.4) is 0 Å². The third kappa shape index (κ3) is 1.20. The molecule has 0 unspecified atom stereocenters. The predicted molar refractivity (Wildman–Crippen MR) is 47.6 cm³/mol. The molecule has 1 N–H and O–H groups in total. The van der Waals surface area contributed by atoms with Crippen molar-refractivity contribution in [1.82, 2.24) is 5.32 Å². The normalized spacial score (nSPS) is 32.2. The van der Waals surface area contributed by atoms with Gasteiger partial charge in [-0.15, -0.1) is 0 Å². The average molecular weight is 177 g/mol. The van der Waals surface area contributed by atoms with Crippen LogP contribution >= 0.6 is 0 Å². The van der Waals surface area contributed by atoms with Gasteiger partial charge in [-0.3, -0.25) is 14.9 Å². The predicted octanol–water partition coefficient (Wildman–Crippen LogP) is 0.781. The van der Waals surface area contributed by atoms with Gasteiger partial charge >= 0.3 is 0 Å². The van der Waals surface area contributed by atoms with Gasteiger partial charge in [0.15, 0.2) is 0 Å². The van der Waals surface area contributed by atoms with Gasteiger partial charge < -0.3 is 0 Å². The Bertz CT molecular complexity index is 317. The molecular formula is C10H11NO2. The standard InChI is InChI=1S/C10H11NO2/c1-2-6-3-4-7-8(5-6)10(13)11-9(7)12/h2-3,7-8H,1,4-5H2,(H,11,12,13)/t7-,8+/m0/s1. The molecule has 1 aliphatic carbocycles. The minimum absolute atomic E-state index is 0.116. The number of allylic oxidation sites excluding steroid dienone is 3. The van der Waals surface area contributed by atoms with Gasteiger partial charge in [0.25, 0.3) is 0 Å². The summed E-state index contributed by atoms with van der Waals surface area (Å²) in [6.45, 7) is 3.66. The van der Waals surface area contributed by atoms with Gasteiger partial charge in [-0.25, -0.2) is 0 Å². The van der Waals surface area contributed by atoms with Gasteiger partial charge in [0.1, 0.15) is 0 Å². The van der Waals surface area contributed by atoms with Gasteiger partial charge in [0, 0.05) is 0 Å². The Morgan fingerprint density at radius 2 is 2.08 bits per heavy atom. The summed E-state index contributed by atoms with van der Waals surface area (Å²) < 4.78 is 0. The molecule has 2 rings (SSSR count). The number of nitrogens with one attached hydrogen (secondary N) is 1. The highest BCUT2D eigenvalue weighted by molar-refractivity contribution is 6.05. The maximum atomic E-state index is 11.3. The molecule has 68 valence electrons. The smallest absolute Gasteiger partial charge is 0.230 e. The summed E-state index contributed by atoms with van der Waals surface area (Å²) >= 11 is 0. The largest absolute Gasteiger partial charge is 0.296 e. The van der Waals surface area contributed by atoms with Crippen molar-refractivity contribution < 1.29 is 9.59 Å². The third-order valence-electron chi connectivity index (χ3n) is 2.76. The van der Waals surface area contributed by atoms with E-state index in [2.05, 4.69) is 11.9 Å². The summed E-state index contributed by atoms with van der Waals surface area (Å²) in [6, 6.07) is 0. The van der Waals surface area contributed by atoms with Crippen LogP contribution in [0.5, 0.6) is 0 Å².